The zero-order chi connectivity index (χ0) is 15.9. The number of hydrogen-bond donors (Lipinski definition) is 1. The maximum absolute atomic E-state index is 12.0. The summed E-state index contributed by atoms with van der Waals surface area (Å²) in [6.07, 6.45) is 5.78. The molecule has 0 aliphatic rings. The Morgan fingerprint density at radius 2 is 2.23 bits per heavy atom. The van der Waals surface area contributed by atoms with Crippen molar-refractivity contribution in [1.82, 2.24) is 14.9 Å². The van der Waals surface area contributed by atoms with Gasteiger partial charge in [0.15, 0.2) is 6.10 Å². The number of aromatic nitrogens is 2. The highest BCUT2D eigenvalue weighted by atomic mass is 16.5. The number of nitrogens with zero attached hydrogens (tertiary/aromatic N) is 2. The molecule has 5 heteroatoms. The maximum Gasteiger partial charge on any atom is 0.260 e. The van der Waals surface area contributed by atoms with E-state index in [-0.39, 0.29) is 5.91 Å². The fourth-order valence-electron chi connectivity index (χ4n) is 2.21. The first kappa shape index (κ1) is 16.1. The molecule has 0 radical (unpaired) electrons. The van der Waals surface area contributed by atoms with Gasteiger partial charge in [-0.2, -0.15) is 0 Å². The Hall–Kier alpha value is -2.30. The molecular weight excluding hydrogens is 278 g/mol. The summed E-state index contributed by atoms with van der Waals surface area (Å²) in [7, 11) is 0. The van der Waals surface area contributed by atoms with E-state index in [0.29, 0.717) is 6.54 Å². The van der Waals surface area contributed by atoms with E-state index in [1.807, 2.05) is 42.8 Å². The Labute approximate surface area is 131 Å². The van der Waals surface area contributed by atoms with Gasteiger partial charge in [-0.1, -0.05) is 17.7 Å². The summed E-state index contributed by atoms with van der Waals surface area (Å²) >= 11 is 0. The Morgan fingerprint density at radius 1 is 1.41 bits per heavy atom. The van der Waals surface area contributed by atoms with E-state index in [9.17, 15) is 4.79 Å². The van der Waals surface area contributed by atoms with E-state index in [4.69, 9.17) is 4.74 Å². The van der Waals surface area contributed by atoms with Gasteiger partial charge in [-0.25, -0.2) is 4.98 Å². The van der Waals surface area contributed by atoms with E-state index in [1.54, 1.807) is 19.4 Å². The van der Waals surface area contributed by atoms with Crippen LogP contribution in [-0.4, -0.2) is 28.1 Å². The number of nitrogens with one attached hydrogen (secondary N) is 1. The fourth-order valence-corrected chi connectivity index (χ4v) is 2.21. The molecule has 1 heterocycles. The molecule has 0 aliphatic heterocycles. The van der Waals surface area contributed by atoms with Crippen LogP contribution in [0, 0.1) is 13.8 Å². The minimum atomic E-state index is -0.505. The highest BCUT2D eigenvalue weighted by Gasteiger charge is 2.14. The first-order valence-corrected chi connectivity index (χ1v) is 7.53. The average Bonchev–Trinajstić information content (AvgIpc) is 2.99. The third-order valence-corrected chi connectivity index (χ3v) is 3.45. The normalized spacial score (nSPS) is 12.0. The molecule has 2 aromatic rings. The van der Waals surface area contributed by atoms with Gasteiger partial charge in [0, 0.05) is 25.5 Å². The number of carbonyl (C=O) groups excluding carboxylic acids is 1. The zero-order valence-electron chi connectivity index (χ0n) is 13.4. The lowest BCUT2D eigenvalue weighted by molar-refractivity contribution is -0.127. The average molecular weight is 301 g/mol. The van der Waals surface area contributed by atoms with Crippen LogP contribution in [-0.2, 0) is 11.3 Å². The van der Waals surface area contributed by atoms with Crippen LogP contribution in [0.5, 0.6) is 5.75 Å². The van der Waals surface area contributed by atoms with Crippen molar-refractivity contribution >= 4 is 5.91 Å². The topological polar surface area (TPSA) is 56.1 Å². The van der Waals surface area contributed by atoms with Crippen molar-refractivity contribution in [3.63, 3.8) is 0 Å². The molecule has 1 N–H and O–H groups in total. The highest BCUT2D eigenvalue weighted by molar-refractivity contribution is 5.80. The molecule has 1 aromatic heterocycles. The number of benzene rings is 1. The molecule has 0 aliphatic carbocycles. The molecule has 0 saturated carbocycles. The molecule has 1 aromatic carbocycles. The van der Waals surface area contributed by atoms with Crippen molar-refractivity contribution in [3.8, 4) is 5.75 Å². The summed E-state index contributed by atoms with van der Waals surface area (Å²) in [4.78, 5) is 16.0. The Balaban J connectivity index is 1.74. The Kier molecular flexibility index (Phi) is 5.58. The second-order valence-corrected chi connectivity index (χ2v) is 5.47. The van der Waals surface area contributed by atoms with Crippen LogP contribution in [0.3, 0.4) is 0 Å². The Morgan fingerprint density at radius 3 is 2.91 bits per heavy atom. The monoisotopic (exact) mass is 301 g/mol. The minimum Gasteiger partial charge on any atom is -0.481 e. The molecule has 0 saturated heterocycles. The third-order valence-electron chi connectivity index (χ3n) is 3.45. The van der Waals surface area contributed by atoms with Crippen molar-refractivity contribution in [2.75, 3.05) is 6.54 Å². The van der Waals surface area contributed by atoms with Gasteiger partial charge in [0.1, 0.15) is 5.75 Å². The quantitative estimate of drug-likeness (QED) is 0.799. The summed E-state index contributed by atoms with van der Waals surface area (Å²) in [5.74, 6) is 0.664. The predicted octanol–water partition coefficient (Wildman–Crippen LogP) is 2.47. The van der Waals surface area contributed by atoms with E-state index in [2.05, 4.69) is 10.3 Å². The molecule has 22 heavy (non-hydrogen) atoms. The highest BCUT2D eigenvalue weighted by Crippen LogP contribution is 2.19. The number of amides is 1. The molecule has 1 atom stereocenters. The fraction of sp³-hybridized carbons (Fsp3) is 0.412. The van der Waals surface area contributed by atoms with E-state index in [1.165, 1.54) is 5.56 Å². The van der Waals surface area contributed by atoms with Crippen molar-refractivity contribution in [1.29, 1.82) is 0 Å². The number of ether oxygens (including phenoxy) is 1. The number of hydrogen-bond acceptors (Lipinski definition) is 3. The first-order valence-electron chi connectivity index (χ1n) is 7.53. The molecule has 1 unspecified atom stereocenters. The smallest absolute Gasteiger partial charge is 0.260 e. The molecule has 0 bridgehead atoms. The number of imidazole rings is 1. The number of aryl methyl sites for hydroxylation is 3. The van der Waals surface area contributed by atoms with Crippen LogP contribution in [0.25, 0.3) is 0 Å². The lowest BCUT2D eigenvalue weighted by Gasteiger charge is -2.16. The van der Waals surface area contributed by atoms with Gasteiger partial charge in [0.05, 0.1) is 6.33 Å². The van der Waals surface area contributed by atoms with E-state index >= 15 is 0 Å². The third kappa shape index (κ3) is 4.62. The Bertz CT molecular complexity index is 608. The van der Waals surface area contributed by atoms with Gasteiger partial charge in [-0.3, -0.25) is 4.79 Å². The first-order chi connectivity index (χ1) is 10.6. The predicted molar refractivity (Wildman–Crippen MR) is 85.9 cm³/mol. The standard InChI is InChI=1S/C17H23N3O2/c1-13-5-6-16(14(2)11-13)22-15(3)17(21)19-7-4-9-20-10-8-18-12-20/h5-6,8,10-12,15H,4,7,9H2,1-3H3,(H,19,21). The van der Waals surface area contributed by atoms with Crippen molar-refractivity contribution in [2.24, 2.45) is 0 Å². The van der Waals surface area contributed by atoms with Gasteiger partial charge in [0.25, 0.3) is 5.91 Å². The van der Waals surface area contributed by atoms with Gasteiger partial charge in [-0.15, -0.1) is 0 Å². The van der Waals surface area contributed by atoms with E-state index < -0.39 is 6.10 Å². The van der Waals surface area contributed by atoms with Crippen molar-refractivity contribution < 1.29 is 9.53 Å². The molecule has 1 amide bonds. The summed E-state index contributed by atoms with van der Waals surface area (Å²) in [5.41, 5.74) is 2.22. The van der Waals surface area contributed by atoms with Crippen LogP contribution in [0.2, 0.25) is 0 Å². The van der Waals surface area contributed by atoms with Gasteiger partial charge < -0.3 is 14.6 Å². The van der Waals surface area contributed by atoms with Crippen molar-refractivity contribution in [3.05, 3.63) is 48.0 Å². The second kappa shape index (κ2) is 7.64. The van der Waals surface area contributed by atoms with Crippen LogP contribution in [0.4, 0.5) is 0 Å². The van der Waals surface area contributed by atoms with Crippen molar-refractivity contribution in [2.45, 2.75) is 39.8 Å². The molecule has 0 spiro atoms. The maximum atomic E-state index is 12.0. The van der Waals surface area contributed by atoms with Crippen LogP contribution >= 0.6 is 0 Å². The largest absolute Gasteiger partial charge is 0.481 e. The van der Waals surface area contributed by atoms with Crippen LogP contribution in [0.1, 0.15) is 24.5 Å². The van der Waals surface area contributed by atoms with Gasteiger partial charge in [0.2, 0.25) is 0 Å². The van der Waals surface area contributed by atoms with Crippen LogP contribution < -0.4 is 10.1 Å². The molecule has 118 valence electrons. The number of rotatable bonds is 7. The lowest BCUT2D eigenvalue weighted by atomic mass is 10.1. The zero-order valence-corrected chi connectivity index (χ0v) is 13.4. The summed E-state index contributed by atoms with van der Waals surface area (Å²) < 4.78 is 7.73. The minimum absolute atomic E-state index is 0.0920. The summed E-state index contributed by atoms with van der Waals surface area (Å²) in [5, 5.41) is 2.90. The van der Waals surface area contributed by atoms with Gasteiger partial charge in [-0.05, 0) is 38.8 Å². The lowest BCUT2D eigenvalue weighted by Crippen LogP contribution is -2.37. The van der Waals surface area contributed by atoms with E-state index in [0.717, 1.165) is 24.3 Å². The molecule has 2 rings (SSSR count). The van der Waals surface area contributed by atoms with Gasteiger partial charge >= 0.3 is 0 Å². The molecule has 5 nitrogen and oxygen atoms in total. The summed E-state index contributed by atoms with van der Waals surface area (Å²) in [6, 6.07) is 5.94. The second-order valence-electron chi connectivity index (χ2n) is 5.47. The number of carbonyl (C=O) groups is 1. The SMILES string of the molecule is Cc1ccc(OC(C)C(=O)NCCCn2ccnc2)c(C)c1. The summed E-state index contributed by atoms with van der Waals surface area (Å²) in [6.45, 7) is 7.25. The van der Waals surface area contributed by atoms with Crippen LogP contribution in [0.15, 0.2) is 36.9 Å². The molecule has 0 fully saturated rings. The molecular formula is C17H23N3O2.